The molecular formula is C25H30N2. The van der Waals surface area contributed by atoms with E-state index in [1.807, 2.05) is 0 Å². The highest BCUT2D eigenvalue weighted by molar-refractivity contribution is 5.82. The summed E-state index contributed by atoms with van der Waals surface area (Å²) >= 11 is 0. The third kappa shape index (κ3) is 2.32. The molecule has 27 heavy (non-hydrogen) atoms. The number of fused-ring (bicyclic) bond motifs is 3. The topological polar surface area (TPSA) is 6.48 Å². The van der Waals surface area contributed by atoms with E-state index in [4.69, 9.17) is 0 Å². The van der Waals surface area contributed by atoms with Gasteiger partial charge in [0.1, 0.15) is 0 Å². The normalized spacial score (nSPS) is 28.4. The first kappa shape index (κ1) is 15.8. The molecule has 2 unspecified atom stereocenters. The molecule has 1 aliphatic carbocycles. The molecule has 2 aromatic rings. The third-order valence-corrected chi connectivity index (χ3v) is 7.18. The Labute approximate surface area is 164 Å². The fourth-order valence-corrected chi connectivity index (χ4v) is 5.64. The van der Waals surface area contributed by atoms with Gasteiger partial charge in [0.05, 0.1) is 19.3 Å². The average molecular weight is 360 g/mol. The maximum absolute atomic E-state index is 9.34. The summed E-state index contributed by atoms with van der Waals surface area (Å²) in [5, 5.41) is 0. The van der Waals surface area contributed by atoms with Crippen LogP contribution < -0.4 is 4.90 Å². The highest BCUT2D eigenvalue weighted by Crippen LogP contribution is 2.56. The smallest absolute Gasteiger partial charge is 0.0958 e. The molecular weight excluding hydrogens is 328 g/mol. The average Bonchev–Trinajstić information content (AvgIpc) is 3.15. The molecule has 2 atom stereocenters. The minimum absolute atomic E-state index is 0.0997. The maximum Gasteiger partial charge on any atom is 0.0958 e. The van der Waals surface area contributed by atoms with Gasteiger partial charge < -0.3 is 9.80 Å². The highest BCUT2D eigenvalue weighted by atomic mass is 15.4. The van der Waals surface area contributed by atoms with Gasteiger partial charge in [0.25, 0.3) is 0 Å². The van der Waals surface area contributed by atoms with Crippen LogP contribution >= 0.6 is 0 Å². The molecule has 2 aromatic carbocycles. The Morgan fingerprint density at radius 1 is 0.963 bits per heavy atom. The van der Waals surface area contributed by atoms with E-state index in [0.29, 0.717) is 5.92 Å². The second kappa shape index (κ2) is 6.15. The lowest BCUT2D eigenvalue weighted by molar-refractivity contribution is 0.0922. The Balaban J connectivity index is 1.70. The first-order valence-corrected chi connectivity index (χ1v) is 10.4. The van der Waals surface area contributed by atoms with Crippen LogP contribution in [0.5, 0.6) is 0 Å². The largest absolute Gasteiger partial charge is 0.342 e. The van der Waals surface area contributed by atoms with Crippen molar-refractivity contribution in [1.29, 1.82) is 0 Å². The fourth-order valence-electron chi connectivity index (χ4n) is 5.64. The van der Waals surface area contributed by atoms with Crippen LogP contribution in [-0.4, -0.2) is 11.5 Å². The van der Waals surface area contributed by atoms with Gasteiger partial charge in [-0.2, -0.15) is 0 Å². The number of anilines is 1. The standard InChI is InChI=1S/C25H30N2/c1-18-11-7-10-16-23(18)26-17-27-24(19(26)2)21-14-8-9-15-22(21)25(27,3)20-12-5-4-6-13-20/h7-11,14-16,20H,4-6,12-13,17H2,1-3H3/i17D. The second-order valence-electron chi connectivity index (χ2n) is 8.60. The van der Waals surface area contributed by atoms with Crippen molar-refractivity contribution in [3.8, 4) is 0 Å². The van der Waals surface area contributed by atoms with Crippen molar-refractivity contribution in [3.63, 3.8) is 0 Å². The predicted molar refractivity (Wildman–Crippen MR) is 113 cm³/mol. The van der Waals surface area contributed by atoms with E-state index in [2.05, 4.69) is 79.1 Å². The molecule has 2 aliphatic heterocycles. The molecule has 140 valence electrons. The number of hydrogen-bond acceptors (Lipinski definition) is 2. The van der Waals surface area contributed by atoms with Crippen molar-refractivity contribution in [2.75, 3.05) is 11.5 Å². The van der Waals surface area contributed by atoms with E-state index in [-0.39, 0.29) is 5.54 Å². The first-order valence-electron chi connectivity index (χ1n) is 11.0. The van der Waals surface area contributed by atoms with Crippen LogP contribution in [0.25, 0.3) is 5.70 Å². The Bertz CT molecular complexity index is 943. The van der Waals surface area contributed by atoms with Crippen molar-refractivity contribution >= 4 is 11.4 Å². The van der Waals surface area contributed by atoms with E-state index in [1.54, 1.807) is 0 Å². The summed E-state index contributed by atoms with van der Waals surface area (Å²) in [6.45, 7) is 6.34. The number of nitrogens with zero attached hydrogens (tertiary/aromatic N) is 2. The Morgan fingerprint density at radius 2 is 1.67 bits per heavy atom. The van der Waals surface area contributed by atoms with Gasteiger partial charge >= 0.3 is 0 Å². The quantitative estimate of drug-likeness (QED) is 0.623. The van der Waals surface area contributed by atoms with Crippen molar-refractivity contribution in [2.45, 2.75) is 58.4 Å². The molecule has 2 heteroatoms. The van der Waals surface area contributed by atoms with Crippen molar-refractivity contribution in [2.24, 2.45) is 5.92 Å². The monoisotopic (exact) mass is 359 g/mol. The summed E-state index contributed by atoms with van der Waals surface area (Å²) in [4.78, 5) is 4.68. The van der Waals surface area contributed by atoms with Gasteiger partial charge in [-0.05, 0) is 56.7 Å². The Morgan fingerprint density at radius 3 is 2.44 bits per heavy atom. The van der Waals surface area contributed by atoms with Gasteiger partial charge in [-0.25, -0.2) is 0 Å². The van der Waals surface area contributed by atoms with Gasteiger partial charge in [-0.15, -0.1) is 0 Å². The summed E-state index contributed by atoms with van der Waals surface area (Å²) in [7, 11) is 0. The molecule has 1 saturated carbocycles. The highest BCUT2D eigenvalue weighted by Gasteiger charge is 2.52. The van der Waals surface area contributed by atoms with Crippen LogP contribution in [0.3, 0.4) is 0 Å². The molecule has 0 spiro atoms. The first-order chi connectivity index (χ1) is 13.5. The lowest BCUT2D eigenvalue weighted by atomic mass is 9.72. The number of aryl methyl sites for hydroxylation is 1. The van der Waals surface area contributed by atoms with E-state index >= 15 is 0 Å². The summed E-state index contributed by atoms with van der Waals surface area (Å²) < 4.78 is 9.34. The summed E-state index contributed by atoms with van der Waals surface area (Å²) in [6.07, 6.45) is 6.53. The van der Waals surface area contributed by atoms with Crippen LogP contribution in [-0.2, 0) is 5.54 Å². The number of allylic oxidation sites excluding steroid dienone is 1. The van der Waals surface area contributed by atoms with Crippen molar-refractivity contribution < 1.29 is 1.37 Å². The van der Waals surface area contributed by atoms with E-state index < -0.39 is 6.64 Å². The molecule has 2 heterocycles. The molecule has 0 radical (unpaired) electrons. The lowest BCUT2D eigenvalue weighted by Gasteiger charge is -2.45. The fraction of sp³-hybridized carbons (Fsp3) is 0.440. The summed E-state index contributed by atoms with van der Waals surface area (Å²) in [5.74, 6) is 0.609. The minimum atomic E-state index is -0.421. The van der Waals surface area contributed by atoms with Gasteiger partial charge in [0.2, 0.25) is 0 Å². The number of rotatable bonds is 2. The van der Waals surface area contributed by atoms with Gasteiger partial charge in [-0.1, -0.05) is 61.7 Å². The molecule has 0 saturated heterocycles. The molecule has 3 aliphatic rings. The van der Waals surface area contributed by atoms with Gasteiger partial charge in [0, 0.05) is 16.9 Å². The lowest BCUT2D eigenvalue weighted by Crippen LogP contribution is -2.46. The molecule has 0 N–H and O–H groups in total. The number of benzene rings is 2. The Hall–Kier alpha value is -2.22. The van der Waals surface area contributed by atoms with Crippen LogP contribution in [0.2, 0.25) is 0 Å². The molecule has 1 fully saturated rings. The van der Waals surface area contributed by atoms with Crippen LogP contribution in [0.1, 0.15) is 64.0 Å². The van der Waals surface area contributed by atoms with E-state index in [9.17, 15) is 1.37 Å². The minimum Gasteiger partial charge on any atom is -0.342 e. The van der Waals surface area contributed by atoms with E-state index in [1.165, 1.54) is 60.2 Å². The van der Waals surface area contributed by atoms with Gasteiger partial charge in [-0.3, -0.25) is 0 Å². The molecule has 5 rings (SSSR count). The maximum atomic E-state index is 9.34. The van der Waals surface area contributed by atoms with Gasteiger partial charge in [0.15, 0.2) is 0 Å². The SMILES string of the molecule is [2H]C1N(c2ccccc2C)C(C)=C2c3ccccc3C(C)(C3CCCCC3)N21. The third-order valence-electron chi connectivity index (χ3n) is 7.18. The second-order valence-corrected chi connectivity index (χ2v) is 8.60. The number of para-hydroxylation sites is 1. The van der Waals surface area contributed by atoms with Crippen LogP contribution in [0.4, 0.5) is 5.69 Å². The zero-order valence-electron chi connectivity index (χ0n) is 17.7. The molecule has 0 amide bonds. The van der Waals surface area contributed by atoms with Crippen LogP contribution in [0.15, 0.2) is 54.2 Å². The number of hydrogen-bond donors (Lipinski definition) is 0. The van der Waals surface area contributed by atoms with Crippen molar-refractivity contribution in [3.05, 3.63) is 70.9 Å². The summed E-state index contributed by atoms with van der Waals surface area (Å²) in [5.41, 5.74) is 7.53. The predicted octanol–water partition coefficient (Wildman–Crippen LogP) is 6.27. The molecule has 0 bridgehead atoms. The van der Waals surface area contributed by atoms with Crippen LogP contribution in [0, 0.1) is 12.8 Å². The van der Waals surface area contributed by atoms with E-state index in [0.717, 1.165) is 5.69 Å². The molecule has 2 nitrogen and oxygen atoms in total. The summed E-state index contributed by atoms with van der Waals surface area (Å²) in [6, 6.07) is 17.4. The Kier molecular flexibility index (Phi) is 3.60. The zero-order valence-corrected chi connectivity index (χ0v) is 16.7. The zero-order chi connectivity index (χ0) is 19.5. The van der Waals surface area contributed by atoms with Crippen molar-refractivity contribution in [1.82, 2.24) is 4.90 Å². The molecule has 0 aromatic heterocycles.